The van der Waals surface area contributed by atoms with Crippen LogP contribution >= 0.6 is 0 Å². The summed E-state index contributed by atoms with van der Waals surface area (Å²) in [5, 5.41) is 12.7. The topological polar surface area (TPSA) is 92.2 Å². The number of pyridine rings is 2. The number of aromatic nitrogens is 2. The van der Waals surface area contributed by atoms with Gasteiger partial charge < -0.3 is 10.4 Å². The SMILES string of the molecule is O=[C]C(NC(=O)c1cnc2cccnc2c1O)c1ccccc1. The van der Waals surface area contributed by atoms with Crippen LogP contribution in [0.5, 0.6) is 5.75 Å². The maximum absolute atomic E-state index is 12.3. The van der Waals surface area contributed by atoms with Gasteiger partial charge in [-0.05, 0) is 17.7 Å². The number of nitrogens with zero attached hydrogens (tertiary/aromatic N) is 2. The standard InChI is InChI=1S/C17H12N3O3/c21-10-14(11-5-2-1-3-6-11)20-17(23)12-9-19-13-7-4-8-18-15(13)16(12)22/h1-9,14H,(H,19,22)(H,20,23). The molecule has 0 aliphatic carbocycles. The van der Waals surface area contributed by atoms with Gasteiger partial charge in [0.2, 0.25) is 6.29 Å². The maximum atomic E-state index is 12.3. The van der Waals surface area contributed by atoms with Gasteiger partial charge in [-0.25, -0.2) is 0 Å². The lowest BCUT2D eigenvalue weighted by atomic mass is 10.1. The highest BCUT2D eigenvalue weighted by Crippen LogP contribution is 2.25. The highest BCUT2D eigenvalue weighted by Gasteiger charge is 2.20. The second-order valence-corrected chi connectivity index (χ2v) is 4.83. The summed E-state index contributed by atoms with van der Waals surface area (Å²) >= 11 is 0. The lowest BCUT2D eigenvalue weighted by Gasteiger charge is -2.13. The molecular weight excluding hydrogens is 294 g/mol. The first-order valence-corrected chi connectivity index (χ1v) is 6.87. The predicted molar refractivity (Wildman–Crippen MR) is 83.5 cm³/mol. The van der Waals surface area contributed by atoms with E-state index < -0.39 is 11.9 Å². The van der Waals surface area contributed by atoms with Crippen molar-refractivity contribution in [1.82, 2.24) is 15.3 Å². The van der Waals surface area contributed by atoms with Crippen LogP contribution in [-0.4, -0.2) is 27.3 Å². The van der Waals surface area contributed by atoms with Crippen LogP contribution in [0.15, 0.2) is 54.9 Å². The molecular formula is C17H12N3O3. The van der Waals surface area contributed by atoms with Crippen molar-refractivity contribution in [1.29, 1.82) is 0 Å². The van der Waals surface area contributed by atoms with E-state index in [1.807, 2.05) is 0 Å². The number of benzene rings is 1. The number of carbonyl (C=O) groups excluding carboxylic acids is 2. The van der Waals surface area contributed by atoms with E-state index in [4.69, 9.17) is 0 Å². The normalized spacial score (nSPS) is 11.8. The number of fused-ring (bicyclic) bond motifs is 1. The summed E-state index contributed by atoms with van der Waals surface area (Å²) in [5.41, 5.74) is 1.25. The van der Waals surface area contributed by atoms with Gasteiger partial charge in [0.05, 0.1) is 5.52 Å². The molecule has 1 atom stereocenters. The van der Waals surface area contributed by atoms with E-state index in [1.54, 1.807) is 48.8 Å². The molecule has 2 aromatic heterocycles. The molecule has 0 spiro atoms. The van der Waals surface area contributed by atoms with Crippen molar-refractivity contribution in [3.8, 4) is 5.75 Å². The lowest BCUT2D eigenvalue weighted by Crippen LogP contribution is -2.29. The van der Waals surface area contributed by atoms with Gasteiger partial charge in [-0.2, -0.15) is 0 Å². The van der Waals surface area contributed by atoms with Gasteiger partial charge in [-0.3, -0.25) is 19.6 Å². The van der Waals surface area contributed by atoms with Crippen molar-refractivity contribution < 1.29 is 14.7 Å². The summed E-state index contributed by atoms with van der Waals surface area (Å²) in [6.07, 6.45) is 4.52. The molecule has 3 aromatic rings. The third kappa shape index (κ3) is 2.87. The second-order valence-electron chi connectivity index (χ2n) is 4.83. The Kier molecular flexibility index (Phi) is 3.97. The molecule has 2 N–H and O–H groups in total. The summed E-state index contributed by atoms with van der Waals surface area (Å²) in [6, 6.07) is 11.2. The molecule has 6 nitrogen and oxygen atoms in total. The molecule has 0 fully saturated rings. The summed E-state index contributed by atoms with van der Waals surface area (Å²) in [7, 11) is 0. The molecule has 1 unspecified atom stereocenters. The van der Waals surface area contributed by atoms with E-state index in [-0.39, 0.29) is 16.8 Å². The third-order valence-electron chi connectivity index (χ3n) is 3.37. The number of amides is 1. The van der Waals surface area contributed by atoms with E-state index in [1.165, 1.54) is 12.4 Å². The summed E-state index contributed by atoms with van der Waals surface area (Å²) < 4.78 is 0. The molecule has 1 radical (unpaired) electrons. The lowest BCUT2D eigenvalue weighted by molar-refractivity contribution is 0.0943. The van der Waals surface area contributed by atoms with Crippen LogP contribution in [0.2, 0.25) is 0 Å². The first-order valence-electron chi connectivity index (χ1n) is 6.87. The molecule has 0 saturated carbocycles. The van der Waals surface area contributed by atoms with Gasteiger partial charge in [0, 0.05) is 12.4 Å². The number of carbonyl (C=O) groups is 1. The Morgan fingerprint density at radius 2 is 1.91 bits per heavy atom. The van der Waals surface area contributed by atoms with Crippen LogP contribution in [0, 0.1) is 0 Å². The molecule has 1 aromatic carbocycles. The predicted octanol–water partition coefficient (Wildman–Crippen LogP) is 1.92. The summed E-state index contributed by atoms with van der Waals surface area (Å²) in [6.45, 7) is 0. The zero-order valence-electron chi connectivity index (χ0n) is 11.9. The summed E-state index contributed by atoms with van der Waals surface area (Å²) in [5.74, 6) is -0.898. The number of aromatic hydroxyl groups is 1. The first kappa shape index (κ1) is 14.6. The van der Waals surface area contributed by atoms with E-state index in [0.717, 1.165) is 0 Å². The second kappa shape index (κ2) is 6.23. The molecule has 0 aliphatic heterocycles. The van der Waals surface area contributed by atoms with E-state index in [9.17, 15) is 14.7 Å². The Morgan fingerprint density at radius 1 is 1.13 bits per heavy atom. The van der Waals surface area contributed by atoms with Crippen molar-refractivity contribution in [2.24, 2.45) is 0 Å². The van der Waals surface area contributed by atoms with Crippen LogP contribution in [-0.2, 0) is 4.79 Å². The minimum atomic E-state index is -0.928. The van der Waals surface area contributed by atoms with E-state index in [0.29, 0.717) is 11.1 Å². The van der Waals surface area contributed by atoms with Gasteiger partial charge in [-0.15, -0.1) is 0 Å². The van der Waals surface area contributed by atoms with Crippen molar-refractivity contribution in [2.75, 3.05) is 0 Å². The minimum Gasteiger partial charge on any atom is -0.505 e. The smallest absolute Gasteiger partial charge is 0.257 e. The number of rotatable bonds is 4. The fourth-order valence-corrected chi connectivity index (χ4v) is 2.21. The van der Waals surface area contributed by atoms with Crippen molar-refractivity contribution in [3.05, 3.63) is 66.0 Å². The monoisotopic (exact) mass is 306 g/mol. The summed E-state index contributed by atoms with van der Waals surface area (Å²) in [4.78, 5) is 31.6. The molecule has 113 valence electrons. The zero-order chi connectivity index (χ0) is 16.2. The average molecular weight is 306 g/mol. The van der Waals surface area contributed by atoms with Crippen LogP contribution in [0.1, 0.15) is 22.0 Å². The third-order valence-corrected chi connectivity index (χ3v) is 3.37. The van der Waals surface area contributed by atoms with Gasteiger partial charge in [0.15, 0.2) is 5.75 Å². The van der Waals surface area contributed by atoms with Crippen molar-refractivity contribution >= 4 is 23.2 Å². The number of hydrogen-bond donors (Lipinski definition) is 2. The van der Waals surface area contributed by atoms with Gasteiger partial charge >= 0.3 is 0 Å². The van der Waals surface area contributed by atoms with Gasteiger partial charge in [0.25, 0.3) is 5.91 Å². The molecule has 3 rings (SSSR count). The Hall–Kier alpha value is -3.28. The Bertz CT molecular complexity index is 865. The largest absolute Gasteiger partial charge is 0.505 e. The van der Waals surface area contributed by atoms with Gasteiger partial charge in [-0.1, -0.05) is 30.3 Å². The van der Waals surface area contributed by atoms with Crippen LogP contribution < -0.4 is 5.32 Å². The quantitative estimate of drug-likeness (QED) is 0.768. The van der Waals surface area contributed by atoms with E-state index in [2.05, 4.69) is 15.3 Å². The molecule has 6 heteroatoms. The highest BCUT2D eigenvalue weighted by molar-refractivity contribution is 6.02. The molecule has 0 saturated heterocycles. The molecule has 0 aliphatic rings. The van der Waals surface area contributed by atoms with Crippen molar-refractivity contribution in [2.45, 2.75) is 6.04 Å². The molecule has 23 heavy (non-hydrogen) atoms. The zero-order valence-corrected chi connectivity index (χ0v) is 11.9. The molecule has 1 amide bonds. The fourth-order valence-electron chi connectivity index (χ4n) is 2.21. The van der Waals surface area contributed by atoms with Crippen LogP contribution in [0.4, 0.5) is 0 Å². The van der Waals surface area contributed by atoms with E-state index >= 15 is 0 Å². The number of nitrogens with one attached hydrogen (secondary N) is 1. The average Bonchev–Trinajstić information content (AvgIpc) is 2.60. The highest BCUT2D eigenvalue weighted by atomic mass is 16.3. The maximum Gasteiger partial charge on any atom is 0.257 e. The Labute approximate surface area is 131 Å². The number of hydrogen-bond acceptors (Lipinski definition) is 5. The Balaban J connectivity index is 1.91. The Morgan fingerprint density at radius 3 is 2.65 bits per heavy atom. The minimum absolute atomic E-state index is 0.0487. The fraction of sp³-hybridized carbons (Fsp3) is 0.0588. The first-order chi connectivity index (χ1) is 11.2. The molecule has 0 bridgehead atoms. The van der Waals surface area contributed by atoms with Crippen molar-refractivity contribution in [3.63, 3.8) is 0 Å². The van der Waals surface area contributed by atoms with Crippen LogP contribution in [0.25, 0.3) is 11.0 Å². The van der Waals surface area contributed by atoms with Crippen LogP contribution in [0.3, 0.4) is 0 Å². The molecule has 2 heterocycles. The van der Waals surface area contributed by atoms with Gasteiger partial charge in [0.1, 0.15) is 17.1 Å².